The highest BCUT2D eigenvalue weighted by molar-refractivity contribution is 5.94. The van der Waals surface area contributed by atoms with Crippen molar-refractivity contribution in [1.29, 1.82) is 0 Å². The van der Waals surface area contributed by atoms with Gasteiger partial charge in [-0.3, -0.25) is 14.9 Å². The first-order valence-corrected chi connectivity index (χ1v) is 7.86. The van der Waals surface area contributed by atoms with Crippen molar-refractivity contribution >= 4 is 17.4 Å². The minimum Gasteiger partial charge on any atom is -0.353 e. The molecule has 0 aliphatic carbocycles. The predicted octanol–water partition coefficient (Wildman–Crippen LogP) is 2.40. The van der Waals surface area contributed by atoms with Crippen LogP contribution in [0.3, 0.4) is 0 Å². The van der Waals surface area contributed by atoms with Crippen LogP contribution in [0.25, 0.3) is 0 Å². The van der Waals surface area contributed by atoms with Crippen molar-refractivity contribution in [3.63, 3.8) is 0 Å². The van der Waals surface area contributed by atoms with Gasteiger partial charge in [0.15, 0.2) is 0 Å². The minimum absolute atomic E-state index is 0.0406. The highest BCUT2D eigenvalue weighted by Gasteiger charge is 2.24. The Morgan fingerprint density at radius 3 is 2.56 bits per heavy atom. The SMILES string of the molecule is Cc1cc([N+](=O)[O-])cnc1N1CCN(C(=O)c2cccc(F)c2)CC1. The third-order valence-electron chi connectivity index (χ3n) is 4.19. The van der Waals surface area contributed by atoms with E-state index in [9.17, 15) is 19.3 Å². The monoisotopic (exact) mass is 344 g/mol. The molecule has 25 heavy (non-hydrogen) atoms. The molecule has 3 rings (SSSR count). The van der Waals surface area contributed by atoms with Crippen LogP contribution in [0.1, 0.15) is 15.9 Å². The van der Waals surface area contributed by atoms with Crippen molar-refractivity contribution in [3.05, 3.63) is 63.6 Å². The Hall–Kier alpha value is -3.03. The second-order valence-corrected chi connectivity index (χ2v) is 5.88. The van der Waals surface area contributed by atoms with E-state index >= 15 is 0 Å². The molecule has 1 aromatic heterocycles. The topological polar surface area (TPSA) is 79.6 Å². The summed E-state index contributed by atoms with van der Waals surface area (Å²) >= 11 is 0. The maximum atomic E-state index is 13.3. The number of anilines is 1. The fraction of sp³-hybridized carbons (Fsp3) is 0.294. The average Bonchev–Trinajstić information content (AvgIpc) is 2.61. The van der Waals surface area contributed by atoms with Gasteiger partial charge in [-0.2, -0.15) is 0 Å². The molecule has 0 bridgehead atoms. The van der Waals surface area contributed by atoms with Gasteiger partial charge in [0.1, 0.15) is 17.8 Å². The van der Waals surface area contributed by atoms with Crippen LogP contribution in [0.15, 0.2) is 36.5 Å². The number of pyridine rings is 1. The summed E-state index contributed by atoms with van der Waals surface area (Å²) in [4.78, 5) is 30.6. The van der Waals surface area contributed by atoms with Gasteiger partial charge in [0.25, 0.3) is 11.6 Å². The van der Waals surface area contributed by atoms with Gasteiger partial charge < -0.3 is 9.80 Å². The Kier molecular flexibility index (Phi) is 4.60. The number of carbonyl (C=O) groups is 1. The molecule has 1 aliphatic heterocycles. The third kappa shape index (κ3) is 3.57. The lowest BCUT2D eigenvalue weighted by molar-refractivity contribution is -0.385. The fourth-order valence-electron chi connectivity index (χ4n) is 2.91. The number of carbonyl (C=O) groups excluding carboxylic acids is 1. The summed E-state index contributed by atoms with van der Waals surface area (Å²) in [6.45, 7) is 3.86. The van der Waals surface area contributed by atoms with Crippen LogP contribution in [0.2, 0.25) is 0 Å². The summed E-state index contributed by atoms with van der Waals surface area (Å²) in [7, 11) is 0. The van der Waals surface area contributed by atoms with Crippen LogP contribution in [-0.4, -0.2) is 46.9 Å². The first-order valence-electron chi connectivity index (χ1n) is 7.86. The van der Waals surface area contributed by atoms with Gasteiger partial charge in [0.05, 0.1) is 4.92 Å². The third-order valence-corrected chi connectivity index (χ3v) is 4.19. The molecule has 1 saturated heterocycles. The Morgan fingerprint density at radius 2 is 1.96 bits per heavy atom. The predicted molar refractivity (Wildman–Crippen MR) is 90.1 cm³/mol. The van der Waals surface area contributed by atoms with Crippen LogP contribution in [0.4, 0.5) is 15.9 Å². The van der Waals surface area contributed by atoms with E-state index in [1.165, 1.54) is 30.5 Å². The quantitative estimate of drug-likeness (QED) is 0.631. The van der Waals surface area contributed by atoms with Crippen LogP contribution in [-0.2, 0) is 0 Å². The van der Waals surface area contributed by atoms with E-state index in [4.69, 9.17) is 0 Å². The standard InChI is InChI=1S/C17H17FN4O3/c1-12-9-15(22(24)25)11-19-16(12)20-5-7-21(8-6-20)17(23)13-3-2-4-14(18)10-13/h2-4,9-11H,5-8H2,1H3. The molecule has 0 radical (unpaired) electrons. The maximum absolute atomic E-state index is 13.3. The summed E-state index contributed by atoms with van der Waals surface area (Å²) < 4.78 is 13.3. The fourth-order valence-corrected chi connectivity index (χ4v) is 2.91. The summed E-state index contributed by atoms with van der Waals surface area (Å²) in [5, 5.41) is 10.8. The van der Waals surface area contributed by atoms with Crippen molar-refractivity contribution in [3.8, 4) is 0 Å². The van der Waals surface area contributed by atoms with Gasteiger partial charge in [-0.25, -0.2) is 9.37 Å². The number of piperazine rings is 1. The highest BCUT2D eigenvalue weighted by atomic mass is 19.1. The molecule has 0 saturated carbocycles. The lowest BCUT2D eigenvalue weighted by Gasteiger charge is -2.36. The second-order valence-electron chi connectivity index (χ2n) is 5.88. The molecule has 0 atom stereocenters. The average molecular weight is 344 g/mol. The molecule has 2 heterocycles. The van der Waals surface area contributed by atoms with Crippen molar-refractivity contribution in [1.82, 2.24) is 9.88 Å². The van der Waals surface area contributed by atoms with Gasteiger partial charge in [-0.15, -0.1) is 0 Å². The van der Waals surface area contributed by atoms with Crippen molar-refractivity contribution in [2.75, 3.05) is 31.1 Å². The minimum atomic E-state index is -0.473. The van der Waals surface area contributed by atoms with Gasteiger partial charge in [0.2, 0.25) is 0 Å². The van der Waals surface area contributed by atoms with E-state index in [1.54, 1.807) is 17.9 Å². The highest BCUT2D eigenvalue weighted by Crippen LogP contribution is 2.23. The molecule has 0 unspecified atom stereocenters. The number of rotatable bonds is 3. The summed E-state index contributed by atoms with van der Waals surface area (Å²) in [5.41, 5.74) is 1.01. The zero-order valence-electron chi connectivity index (χ0n) is 13.7. The van der Waals surface area contributed by atoms with Crippen LogP contribution < -0.4 is 4.90 Å². The Labute approximate surface area is 143 Å². The molecule has 8 heteroatoms. The molecule has 1 fully saturated rings. The van der Waals surface area contributed by atoms with Crippen molar-refractivity contribution < 1.29 is 14.1 Å². The van der Waals surface area contributed by atoms with E-state index in [-0.39, 0.29) is 11.6 Å². The largest absolute Gasteiger partial charge is 0.353 e. The number of nitrogens with zero attached hydrogens (tertiary/aromatic N) is 4. The second kappa shape index (κ2) is 6.84. The number of amides is 1. The number of aromatic nitrogens is 1. The summed E-state index contributed by atoms with van der Waals surface area (Å²) in [6, 6.07) is 7.14. The van der Waals surface area contributed by atoms with E-state index in [1.807, 2.05) is 4.90 Å². The van der Waals surface area contributed by atoms with Crippen LogP contribution in [0.5, 0.6) is 0 Å². The molecule has 1 aromatic carbocycles. The zero-order valence-corrected chi connectivity index (χ0v) is 13.7. The number of aryl methyl sites for hydroxylation is 1. The maximum Gasteiger partial charge on any atom is 0.287 e. The van der Waals surface area contributed by atoms with Crippen molar-refractivity contribution in [2.45, 2.75) is 6.92 Å². The van der Waals surface area contributed by atoms with Gasteiger partial charge >= 0.3 is 0 Å². The Balaban J connectivity index is 1.68. The molecule has 1 aliphatic rings. The molecular formula is C17H17FN4O3. The molecule has 7 nitrogen and oxygen atoms in total. The van der Waals surface area contributed by atoms with E-state index in [0.717, 1.165) is 5.56 Å². The normalized spacial score (nSPS) is 14.5. The summed E-state index contributed by atoms with van der Waals surface area (Å²) in [6.07, 6.45) is 1.24. The van der Waals surface area contributed by atoms with Gasteiger partial charge in [-0.1, -0.05) is 6.07 Å². The number of hydrogen-bond acceptors (Lipinski definition) is 5. The van der Waals surface area contributed by atoms with Gasteiger partial charge in [0, 0.05) is 37.8 Å². The smallest absolute Gasteiger partial charge is 0.287 e. The zero-order chi connectivity index (χ0) is 18.0. The molecule has 0 N–H and O–H groups in total. The molecular weight excluding hydrogens is 327 g/mol. The molecule has 1 amide bonds. The van der Waals surface area contributed by atoms with E-state index < -0.39 is 10.7 Å². The number of benzene rings is 1. The molecule has 130 valence electrons. The van der Waals surface area contributed by atoms with E-state index in [0.29, 0.717) is 37.6 Å². The van der Waals surface area contributed by atoms with Crippen molar-refractivity contribution in [2.24, 2.45) is 0 Å². The lowest BCUT2D eigenvalue weighted by Crippen LogP contribution is -2.49. The first-order chi connectivity index (χ1) is 12.0. The van der Waals surface area contributed by atoms with E-state index in [2.05, 4.69) is 4.98 Å². The number of nitro groups is 1. The lowest BCUT2D eigenvalue weighted by atomic mass is 10.1. The number of halogens is 1. The first kappa shape index (κ1) is 16.8. The molecule has 0 spiro atoms. The van der Waals surface area contributed by atoms with Gasteiger partial charge in [-0.05, 0) is 30.7 Å². The summed E-state index contributed by atoms with van der Waals surface area (Å²) in [5.74, 6) is 0.0474. The Morgan fingerprint density at radius 1 is 1.24 bits per heavy atom. The Bertz CT molecular complexity index is 819. The van der Waals surface area contributed by atoms with Crippen LogP contribution >= 0.6 is 0 Å². The van der Waals surface area contributed by atoms with Crippen LogP contribution in [0, 0.1) is 22.9 Å². The molecule has 2 aromatic rings. The number of hydrogen-bond donors (Lipinski definition) is 0.